The van der Waals surface area contributed by atoms with Crippen molar-refractivity contribution in [3.05, 3.63) is 59.9 Å². The lowest BCUT2D eigenvalue weighted by Crippen LogP contribution is -2.04. The number of benzene rings is 2. The Hall–Kier alpha value is -2.36. The average molecular weight is 269 g/mol. The Morgan fingerprint density at radius 3 is 2.70 bits per heavy atom. The van der Waals surface area contributed by atoms with E-state index in [0.717, 1.165) is 30.4 Å². The summed E-state index contributed by atoms with van der Waals surface area (Å²) in [5.41, 5.74) is 8.70. The smallest absolute Gasteiger partial charge is 0.201 e. The van der Waals surface area contributed by atoms with E-state index in [4.69, 9.17) is 5.73 Å². The van der Waals surface area contributed by atoms with Gasteiger partial charge in [0.15, 0.2) is 0 Å². The third kappa shape index (κ3) is 2.50. The molecule has 0 aliphatic heterocycles. The van der Waals surface area contributed by atoms with Gasteiger partial charge in [0.1, 0.15) is 5.82 Å². The van der Waals surface area contributed by atoms with E-state index in [-0.39, 0.29) is 5.82 Å². The molecule has 0 saturated heterocycles. The van der Waals surface area contributed by atoms with Crippen LogP contribution in [0.5, 0.6) is 0 Å². The van der Waals surface area contributed by atoms with Crippen molar-refractivity contribution in [2.24, 2.45) is 0 Å². The summed E-state index contributed by atoms with van der Waals surface area (Å²) in [5, 5.41) is 0. The van der Waals surface area contributed by atoms with Crippen molar-refractivity contribution < 1.29 is 4.39 Å². The molecular weight excluding hydrogens is 253 g/mol. The fourth-order valence-corrected chi connectivity index (χ4v) is 2.44. The first-order valence-electron chi connectivity index (χ1n) is 6.69. The summed E-state index contributed by atoms with van der Waals surface area (Å²) in [4.78, 5) is 4.25. The zero-order valence-corrected chi connectivity index (χ0v) is 11.1. The Bertz CT molecular complexity index is 719. The monoisotopic (exact) mass is 269 g/mol. The standard InChI is InChI=1S/C16H16FN3/c17-13-8-9-14-15(11-13)20(16(18)19-14)10-4-7-12-5-2-1-3-6-12/h1-3,5-6,8-9,11H,4,7,10H2,(H2,18,19). The van der Waals surface area contributed by atoms with Gasteiger partial charge < -0.3 is 10.3 Å². The van der Waals surface area contributed by atoms with Gasteiger partial charge in [-0.05, 0) is 36.6 Å². The quantitative estimate of drug-likeness (QED) is 0.789. The summed E-state index contributed by atoms with van der Waals surface area (Å²) < 4.78 is 15.2. The molecule has 0 aliphatic rings. The molecular formula is C16H16FN3. The molecule has 0 bridgehead atoms. The highest BCUT2D eigenvalue weighted by molar-refractivity contribution is 5.78. The van der Waals surface area contributed by atoms with Crippen LogP contribution in [0.4, 0.5) is 10.3 Å². The van der Waals surface area contributed by atoms with Crippen molar-refractivity contribution >= 4 is 17.0 Å². The van der Waals surface area contributed by atoms with Crippen LogP contribution in [0, 0.1) is 5.82 Å². The number of rotatable bonds is 4. The van der Waals surface area contributed by atoms with Gasteiger partial charge in [0.05, 0.1) is 11.0 Å². The van der Waals surface area contributed by atoms with E-state index in [1.54, 1.807) is 6.07 Å². The molecule has 102 valence electrons. The minimum absolute atomic E-state index is 0.262. The largest absolute Gasteiger partial charge is 0.369 e. The van der Waals surface area contributed by atoms with Crippen molar-refractivity contribution in [3.8, 4) is 0 Å². The van der Waals surface area contributed by atoms with Crippen molar-refractivity contribution in [1.82, 2.24) is 9.55 Å². The van der Waals surface area contributed by atoms with Crippen LogP contribution in [0.2, 0.25) is 0 Å². The van der Waals surface area contributed by atoms with Crippen molar-refractivity contribution in [1.29, 1.82) is 0 Å². The molecule has 0 unspecified atom stereocenters. The molecule has 0 radical (unpaired) electrons. The van der Waals surface area contributed by atoms with Crippen molar-refractivity contribution in [2.45, 2.75) is 19.4 Å². The Balaban J connectivity index is 1.77. The number of fused-ring (bicyclic) bond motifs is 1. The molecule has 2 aromatic carbocycles. The summed E-state index contributed by atoms with van der Waals surface area (Å²) in [7, 11) is 0. The van der Waals surface area contributed by atoms with Gasteiger partial charge in [-0.3, -0.25) is 0 Å². The molecule has 3 nitrogen and oxygen atoms in total. The molecule has 0 fully saturated rings. The molecule has 20 heavy (non-hydrogen) atoms. The fraction of sp³-hybridized carbons (Fsp3) is 0.188. The van der Waals surface area contributed by atoms with Crippen molar-refractivity contribution in [2.75, 3.05) is 5.73 Å². The normalized spacial score (nSPS) is 11.1. The summed E-state index contributed by atoms with van der Waals surface area (Å²) in [6, 6.07) is 14.8. The maximum absolute atomic E-state index is 13.3. The van der Waals surface area contributed by atoms with Crippen LogP contribution in [0.1, 0.15) is 12.0 Å². The average Bonchev–Trinajstić information content (AvgIpc) is 2.76. The molecule has 1 aromatic heterocycles. The molecule has 0 atom stereocenters. The minimum atomic E-state index is -0.262. The van der Waals surface area contributed by atoms with Crippen LogP contribution in [0.3, 0.4) is 0 Å². The number of hydrogen-bond acceptors (Lipinski definition) is 2. The number of imidazole rings is 1. The number of halogens is 1. The lowest BCUT2D eigenvalue weighted by atomic mass is 10.1. The van der Waals surface area contributed by atoms with Gasteiger partial charge in [-0.1, -0.05) is 30.3 Å². The highest BCUT2D eigenvalue weighted by atomic mass is 19.1. The molecule has 0 amide bonds. The van der Waals surface area contributed by atoms with E-state index in [1.165, 1.54) is 17.7 Å². The summed E-state index contributed by atoms with van der Waals surface area (Å²) in [5.74, 6) is 0.181. The zero-order chi connectivity index (χ0) is 13.9. The molecule has 0 aliphatic carbocycles. The number of nitrogen functional groups attached to an aromatic ring is 1. The Morgan fingerprint density at radius 1 is 1.10 bits per heavy atom. The van der Waals surface area contributed by atoms with Gasteiger partial charge in [0.25, 0.3) is 0 Å². The molecule has 0 spiro atoms. The van der Waals surface area contributed by atoms with E-state index in [2.05, 4.69) is 17.1 Å². The minimum Gasteiger partial charge on any atom is -0.369 e. The van der Waals surface area contributed by atoms with Crippen LogP contribution in [-0.4, -0.2) is 9.55 Å². The van der Waals surface area contributed by atoms with Crippen molar-refractivity contribution in [3.63, 3.8) is 0 Å². The van der Waals surface area contributed by atoms with Gasteiger partial charge in [0.2, 0.25) is 5.95 Å². The topological polar surface area (TPSA) is 43.8 Å². The van der Waals surface area contributed by atoms with E-state index < -0.39 is 0 Å². The molecule has 3 rings (SSSR count). The Kier molecular flexibility index (Phi) is 3.37. The molecule has 3 aromatic rings. The van der Waals surface area contributed by atoms with Gasteiger partial charge in [-0.25, -0.2) is 9.37 Å². The van der Waals surface area contributed by atoms with Crippen LogP contribution in [0.15, 0.2) is 48.5 Å². The first kappa shape index (κ1) is 12.7. The van der Waals surface area contributed by atoms with Crippen LogP contribution in [-0.2, 0) is 13.0 Å². The lowest BCUT2D eigenvalue weighted by Gasteiger charge is -2.06. The highest BCUT2D eigenvalue weighted by Crippen LogP contribution is 2.19. The van der Waals surface area contributed by atoms with E-state index in [9.17, 15) is 4.39 Å². The maximum atomic E-state index is 13.3. The van der Waals surface area contributed by atoms with Crippen LogP contribution in [0.25, 0.3) is 11.0 Å². The zero-order valence-electron chi connectivity index (χ0n) is 11.1. The number of aromatic nitrogens is 2. The van der Waals surface area contributed by atoms with E-state index >= 15 is 0 Å². The predicted octanol–water partition coefficient (Wildman–Crippen LogP) is 3.39. The molecule has 0 saturated carbocycles. The van der Waals surface area contributed by atoms with Gasteiger partial charge >= 0.3 is 0 Å². The lowest BCUT2D eigenvalue weighted by molar-refractivity contribution is 0.625. The number of nitrogens with zero attached hydrogens (tertiary/aromatic N) is 2. The number of hydrogen-bond donors (Lipinski definition) is 1. The summed E-state index contributed by atoms with van der Waals surface area (Å²) >= 11 is 0. The Morgan fingerprint density at radius 2 is 1.90 bits per heavy atom. The third-order valence-corrected chi connectivity index (χ3v) is 3.43. The van der Waals surface area contributed by atoms with Gasteiger partial charge in [0, 0.05) is 6.54 Å². The number of anilines is 1. The number of aryl methyl sites for hydroxylation is 2. The van der Waals surface area contributed by atoms with Crippen LogP contribution >= 0.6 is 0 Å². The molecule has 1 heterocycles. The summed E-state index contributed by atoms with van der Waals surface area (Å²) in [6.45, 7) is 0.737. The number of nitrogens with two attached hydrogens (primary N) is 1. The molecule has 2 N–H and O–H groups in total. The van der Waals surface area contributed by atoms with Gasteiger partial charge in [-0.2, -0.15) is 0 Å². The maximum Gasteiger partial charge on any atom is 0.201 e. The van der Waals surface area contributed by atoms with E-state index in [1.807, 2.05) is 22.8 Å². The molecule has 4 heteroatoms. The fourth-order valence-electron chi connectivity index (χ4n) is 2.44. The van der Waals surface area contributed by atoms with Gasteiger partial charge in [-0.15, -0.1) is 0 Å². The highest BCUT2D eigenvalue weighted by Gasteiger charge is 2.08. The second-order valence-electron chi connectivity index (χ2n) is 4.84. The summed E-state index contributed by atoms with van der Waals surface area (Å²) in [6.07, 6.45) is 1.91. The second kappa shape index (κ2) is 5.33. The first-order chi connectivity index (χ1) is 9.74. The third-order valence-electron chi connectivity index (χ3n) is 3.43. The first-order valence-corrected chi connectivity index (χ1v) is 6.69. The SMILES string of the molecule is Nc1nc2ccc(F)cc2n1CCCc1ccccc1. The van der Waals surface area contributed by atoms with E-state index in [0.29, 0.717) is 5.95 Å². The van der Waals surface area contributed by atoms with Crippen LogP contribution < -0.4 is 5.73 Å². The second-order valence-corrected chi connectivity index (χ2v) is 4.84. The Labute approximate surface area is 116 Å². The predicted molar refractivity (Wildman–Crippen MR) is 78.9 cm³/mol.